The maximum atomic E-state index is 6.31. The van der Waals surface area contributed by atoms with E-state index in [9.17, 15) is 0 Å². The third-order valence-electron chi connectivity index (χ3n) is 3.34. The van der Waals surface area contributed by atoms with Crippen LogP contribution >= 0.6 is 11.6 Å². The molecule has 21 heavy (non-hydrogen) atoms. The lowest BCUT2D eigenvalue weighted by atomic mass is 10.0. The number of hydrogen-bond donors (Lipinski definition) is 2. The number of aryl methyl sites for hydroxylation is 1. The second-order valence-electron chi connectivity index (χ2n) is 4.72. The van der Waals surface area contributed by atoms with E-state index in [1.807, 2.05) is 26.1 Å². The molecule has 0 aromatic carbocycles. The lowest BCUT2D eigenvalue weighted by molar-refractivity contribution is 1.20. The van der Waals surface area contributed by atoms with E-state index in [0.29, 0.717) is 10.7 Å². The summed E-state index contributed by atoms with van der Waals surface area (Å²) in [6.07, 6.45) is 5.12. The van der Waals surface area contributed by atoms with Crippen LogP contribution < -0.4 is 11.1 Å². The van der Waals surface area contributed by atoms with Crippen LogP contribution in [0.3, 0.4) is 0 Å². The minimum Gasteiger partial charge on any atom is -0.396 e. The fourth-order valence-electron chi connectivity index (χ4n) is 2.22. The monoisotopic (exact) mass is 299 g/mol. The number of nitrogens with zero attached hydrogens (tertiary/aromatic N) is 3. The fourth-order valence-corrected chi connectivity index (χ4v) is 2.52. The van der Waals surface area contributed by atoms with E-state index >= 15 is 0 Å². The van der Waals surface area contributed by atoms with Gasteiger partial charge < -0.3 is 11.1 Å². The van der Waals surface area contributed by atoms with Gasteiger partial charge >= 0.3 is 0 Å². The Bertz CT molecular complexity index is 832. The summed E-state index contributed by atoms with van der Waals surface area (Å²) in [5, 5.41) is 4.43. The molecule has 3 heterocycles. The standard InChI is InChI=1S/C15H14ClN5/c1-8-14(15(16)11(17)7-19-8)10-3-9-5-21-13(18-2)4-12(9)20-6-10/h3-7H,17H2,1-2H3,(H,18,21). The Kier molecular flexibility index (Phi) is 3.35. The molecule has 6 heteroatoms. The average molecular weight is 300 g/mol. The third kappa shape index (κ3) is 2.36. The van der Waals surface area contributed by atoms with Gasteiger partial charge in [-0.3, -0.25) is 9.97 Å². The first-order valence-electron chi connectivity index (χ1n) is 6.44. The van der Waals surface area contributed by atoms with Crippen molar-refractivity contribution in [2.24, 2.45) is 0 Å². The van der Waals surface area contributed by atoms with Crippen LogP contribution in [0.25, 0.3) is 22.0 Å². The first kappa shape index (κ1) is 13.6. The molecular formula is C15H14ClN5. The maximum Gasteiger partial charge on any atom is 0.127 e. The molecule has 106 valence electrons. The van der Waals surface area contributed by atoms with E-state index in [-0.39, 0.29) is 0 Å². The van der Waals surface area contributed by atoms with Gasteiger partial charge in [0.25, 0.3) is 0 Å². The predicted molar refractivity (Wildman–Crippen MR) is 86.5 cm³/mol. The van der Waals surface area contributed by atoms with Gasteiger partial charge in [-0.2, -0.15) is 0 Å². The summed E-state index contributed by atoms with van der Waals surface area (Å²) >= 11 is 6.31. The molecule has 0 amide bonds. The molecule has 0 unspecified atom stereocenters. The first-order chi connectivity index (χ1) is 10.1. The Morgan fingerprint density at radius 2 is 1.90 bits per heavy atom. The minimum absolute atomic E-state index is 0.459. The molecule has 0 saturated heterocycles. The van der Waals surface area contributed by atoms with Crippen molar-refractivity contribution in [3.05, 3.63) is 41.4 Å². The van der Waals surface area contributed by atoms with Crippen molar-refractivity contribution in [3.63, 3.8) is 0 Å². The highest BCUT2D eigenvalue weighted by molar-refractivity contribution is 6.36. The molecule has 3 aromatic heterocycles. The molecule has 0 radical (unpaired) electrons. The lowest BCUT2D eigenvalue weighted by Crippen LogP contribution is -1.96. The lowest BCUT2D eigenvalue weighted by Gasteiger charge is -2.10. The van der Waals surface area contributed by atoms with Crippen molar-refractivity contribution in [1.29, 1.82) is 0 Å². The van der Waals surface area contributed by atoms with Gasteiger partial charge in [-0.1, -0.05) is 11.6 Å². The molecule has 5 nitrogen and oxygen atoms in total. The van der Waals surface area contributed by atoms with Gasteiger partial charge in [0.15, 0.2) is 0 Å². The zero-order valence-electron chi connectivity index (χ0n) is 11.7. The molecule has 3 N–H and O–H groups in total. The van der Waals surface area contributed by atoms with Gasteiger partial charge in [0.2, 0.25) is 0 Å². The Balaban J connectivity index is 2.20. The third-order valence-corrected chi connectivity index (χ3v) is 3.75. The van der Waals surface area contributed by atoms with Crippen molar-refractivity contribution in [1.82, 2.24) is 15.0 Å². The Hall–Kier alpha value is -2.40. The predicted octanol–water partition coefficient (Wildman–Crippen LogP) is 3.28. The molecule has 0 spiro atoms. The summed E-state index contributed by atoms with van der Waals surface area (Å²) in [5.74, 6) is 0.780. The van der Waals surface area contributed by atoms with Crippen molar-refractivity contribution in [2.45, 2.75) is 6.92 Å². The highest BCUT2D eigenvalue weighted by Gasteiger charge is 2.12. The quantitative estimate of drug-likeness (QED) is 0.759. The largest absolute Gasteiger partial charge is 0.396 e. The zero-order chi connectivity index (χ0) is 15.0. The number of anilines is 2. The highest BCUT2D eigenvalue weighted by atomic mass is 35.5. The molecule has 0 fully saturated rings. The van der Waals surface area contributed by atoms with E-state index in [0.717, 1.165) is 33.5 Å². The number of hydrogen-bond acceptors (Lipinski definition) is 5. The molecule has 0 saturated carbocycles. The SMILES string of the molecule is CNc1cc2ncc(-c3c(C)ncc(N)c3Cl)cc2cn1. The second kappa shape index (κ2) is 5.18. The highest BCUT2D eigenvalue weighted by Crippen LogP contribution is 2.34. The fraction of sp³-hybridized carbons (Fsp3) is 0.133. The number of nitrogens with two attached hydrogens (primary N) is 1. The number of fused-ring (bicyclic) bond motifs is 1. The molecule has 3 rings (SSSR count). The number of nitrogens with one attached hydrogen (secondary N) is 1. The molecule has 0 aliphatic carbocycles. The van der Waals surface area contributed by atoms with E-state index in [2.05, 4.69) is 20.3 Å². The van der Waals surface area contributed by atoms with Crippen molar-refractivity contribution >= 4 is 34.0 Å². The van der Waals surface area contributed by atoms with Crippen LogP contribution in [-0.2, 0) is 0 Å². The van der Waals surface area contributed by atoms with Crippen LogP contribution in [0.5, 0.6) is 0 Å². The Labute approximate surface area is 127 Å². The van der Waals surface area contributed by atoms with Gasteiger partial charge in [-0.05, 0) is 13.0 Å². The maximum absolute atomic E-state index is 6.31. The van der Waals surface area contributed by atoms with Crippen LogP contribution in [0, 0.1) is 6.92 Å². The number of rotatable bonds is 2. The molecule has 0 aliphatic rings. The molecule has 0 atom stereocenters. The Morgan fingerprint density at radius 1 is 1.10 bits per heavy atom. The first-order valence-corrected chi connectivity index (χ1v) is 6.82. The van der Waals surface area contributed by atoms with E-state index in [1.54, 1.807) is 18.6 Å². The van der Waals surface area contributed by atoms with Crippen LogP contribution in [0.15, 0.2) is 30.7 Å². The van der Waals surface area contributed by atoms with Gasteiger partial charge in [0, 0.05) is 47.7 Å². The summed E-state index contributed by atoms with van der Waals surface area (Å²) in [6, 6.07) is 3.88. The van der Waals surface area contributed by atoms with Gasteiger partial charge in [-0.15, -0.1) is 0 Å². The number of pyridine rings is 3. The van der Waals surface area contributed by atoms with E-state index < -0.39 is 0 Å². The molecular weight excluding hydrogens is 286 g/mol. The normalized spacial score (nSPS) is 10.8. The summed E-state index contributed by atoms with van der Waals surface area (Å²) in [4.78, 5) is 13.0. The van der Waals surface area contributed by atoms with Gasteiger partial charge in [0.1, 0.15) is 5.82 Å². The van der Waals surface area contributed by atoms with Crippen LogP contribution in [0.1, 0.15) is 5.69 Å². The van der Waals surface area contributed by atoms with Crippen molar-refractivity contribution in [3.8, 4) is 11.1 Å². The summed E-state index contributed by atoms with van der Waals surface area (Å²) < 4.78 is 0. The van der Waals surface area contributed by atoms with Gasteiger partial charge in [-0.25, -0.2) is 4.98 Å². The van der Waals surface area contributed by atoms with Crippen molar-refractivity contribution in [2.75, 3.05) is 18.1 Å². The second-order valence-corrected chi connectivity index (χ2v) is 5.10. The summed E-state index contributed by atoms with van der Waals surface area (Å²) in [7, 11) is 1.82. The van der Waals surface area contributed by atoms with Crippen molar-refractivity contribution < 1.29 is 0 Å². The minimum atomic E-state index is 0.459. The van der Waals surface area contributed by atoms with Crippen LogP contribution in [-0.4, -0.2) is 22.0 Å². The Morgan fingerprint density at radius 3 is 2.67 bits per heavy atom. The topological polar surface area (TPSA) is 76.7 Å². The van der Waals surface area contributed by atoms with Crippen LogP contribution in [0.4, 0.5) is 11.5 Å². The van der Waals surface area contributed by atoms with Crippen LogP contribution in [0.2, 0.25) is 5.02 Å². The molecule has 0 aliphatic heterocycles. The molecule has 0 bridgehead atoms. The number of aromatic nitrogens is 3. The van der Waals surface area contributed by atoms with E-state index in [4.69, 9.17) is 17.3 Å². The summed E-state index contributed by atoms with van der Waals surface area (Å²) in [6.45, 7) is 1.90. The number of nitrogen functional groups attached to an aromatic ring is 1. The summed E-state index contributed by atoms with van der Waals surface area (Å²) in [5.41, 5.74) is 9.67. The van der Waals surface area contributed by atoms with E-state index in [1.165, 1.54) is 0 Å². The zero-order valence-corrected chi connectivity index (χ0v) is 12.4. The van der Waals surface area contributed by atoms with Gasteiger partial charge in [0.05, 0.1) is 22.4 Å². The average Bonchev–Trinajstić information content (AvgIpc) is 2.51. The number of halogens is 1. The smallest absolute Gasteiger partial charge is 0.127 e. The molecule has 3 aromatic rings.